The summed E-state index contributed by atoms with van der Waals surface area (Å²) in [4.78, 5) is 6.48. The Morgan fingerprint density at radius 1 is 0.963 bits per heavy atom. The molecule has 0 saturated carbocycles. The molecule has 3 aromatic rings. The number of aromatic nitrogens is 1. The quantitative estimate of drug-likeness (QED) is 0.749. The molecule has 1 aromatic heterocycles. The molecule has 0 radical (unpaired) electrons. The first kappa shape index (κ1) is 17.8. The summed E-state index contributed by atoms with van der Waals surface area (Å²) < 4.78 is 13.9. The predicted octanol–water partition coefficient (Wildman–Crippen LogP) is 4.37. The van der Waals surface area contributed by atoms with E-state index in [1.165, 1.54) is 11.6 Å². The third-order valence-electron chi connectivity index (χ3n) is 5.43. The molecule has 1 saturated heterocycles. The fourth-order valence-corrected chi connectivity index (χ4v) is 3.75. The van der Waals surface area contributed by atoms with Crippen LogP contribution in [0.25, 0.3) is 11.1 Å². The van der Waals surface area contributed by atoms with E-state index in [4.69, 9.17) is 0 Å². The van der Waals surface area contributed by atoms with E-state index in [2.05, 4.69) is 22.0 Å². The van der Waals surface area contributed by atoms with Crippen molar-refractivity contribution in [2.24, 2.45) is 0 Å². The van der Waals surface area contributed by atoms with E-state index >= 15 is 0 Å². The van der Waals surface area contributed by atoms with Crippen LogP contribution in [-0.2, 0) is 12.1 Å². The minimum absolute atomic E-state index is 0.198. The maximum absolute atomic E-state index is 13.9. The van der Waals surface area contributed by atoms with Crippen molar-refractivity contribution in [1.29, 1.82) is 0 Å². The van der Waals surface area contributed by atoms with Gasteiger partial charge in [0.25, 0.3) is 0 Å². The van der Waals surface area contributed by atoms with Crippen LogP contribution in [0.2, 0.25) is 0 Å². The lowest BCUT2D eigenvalue weighted by Crippen LogP contribution is -2.42. The van der Waals surface area contributed by atoms with Crippen LogP contribution in [0.1, 0.15) is 24.0 Å². The first-order valence-corrected chi connectivity index (χ1v) is 9.33. The molecule has 0 amide bonds. The van der Waals surface area contributed by atoms with E-state index in [1.807, 2.05) is 30.3 Å². The van der Waals surface area contributed by atoms with Crippen molar-refractivity contribution in [2.75, 3.05) is 13.1 Å². The number of nitrogens with zero attached hydrogens (tertiary/aromatic N) is 2. The maximum Gasteiger partial charge on any atom is 0.131 e. The zero-order valence-corrected chi connectivity index (χ0v) is 15.2. The van der Waals surface area contributed by atoms with Gasteiger partial charge in [0, 0.05) is 43.2 Å². The van der Waals surface area contributed by atoms with E-state index in [-0.39, 0.29) is 5.82 Å². The van der Waals surface area contributed by atoms with Gasteiger partial charge in [-0.05, 0) is 36.1 Å². The molecule has 1 aliphatic rings. The fourth-order valence-electron chi connectivity index (χ4n) is 3.75. The number of rotatable bonds is 4. The molecule has 138 valence electrons. The molecule has 0 atom stereocenters. The second kappa shape index (κ2) is 7.59. The second-order valence-corrected chi connectivity index (χ2v) is 7.23. The van der Waals surface area contributed by atoms with Crippen molar-refractivity contribution in [1.82, 2.24) is 9.88 Å². The van der Waals surface area contributed by atoms with Gasteiger partial charge in [0.2, 0.25) is 0 Å². The molecule has 2 aromatic carbocycles. The molecule has 3 nitrogen and oxygen atoms in total. The molecule has 2 heterocycles. The Hall–Kier alpha value is -2.56. The number of hydrogen-bond acceptors (Lipinski definition) is 3. The van der Waals surface area contributed by atoms with E-state index in [9.17, 15) is 9.50 Å². The lowest BCUT2D eigenvalue weighted by Gasteiger charge is -2.38. The number of benzene rings is 2. The van der Waals surface area contributed by atoms with Crippen LogP contribution >= 0.6 is 0 Å². The summed E-state index contributed by atoms with van der Waals surface area (Å²) in [5.74, 6) is -0.198. The highest BCUT2D eigenvalue weighted by molar-refractivity contribution is 5.64. The summed E-state index contributed by atoms with van der Waals surface area (Å²) >= 11 is 0. The zero-order chi connectivity index (χ0) is 18.7. The lowest BCUT2D eigenvalue weighted by atomic mass is 9.85. The summed E-state index contributed by atoms with van der Waals surface area (Å²) in [6, 6.07) is 18.7. The van der Waals surface area contributed by atoms with Gasteiger partial charge in [0.05, 0.1) is 5.60 Å². The first-order chi connectivity index (χ1) is 13.1. The number of likely N-dealkylation sites (tertiary alicyclic amines) is 1. The number of halogens is 1. The third kappa shape index (κ3) is 3.92. The Balaban J connectivity index is 1.39. The van der Waals surface area contributed by atoms with Crippen molar-refractivity contribution in [3.63, 3.8) is 0 Å². The highest BCUT2D eigenvalue weighted by atomic mass is 19.1. The monoisotopic (exact) mass is 362 g/mol. The standard InChI is InChI=1S/C23H23FN2O/c24-22-6-2-1-5-21(22)19-9-7-18(8-10-19)17-26-14-11-23(27,12-15-26)20-4-3-13-25-16-20/h1-10,13,16,27H,11-12,14-15,17H2. The summed E-state index contributed by atoms with van der Waals surface area (Å²) in [6.45, 7) is 2.50. The van der Waals surface area contributed by atoms with Crippen LogP contribution in [0.3, 0.4) is 0 Å². The summed E-state index contributed by atoms with van der Waals surface area (Å²) in [7, 11) is 0. The largest absolute Gasteiger partial charge is 0.385 e. The van der Waals surface area contributed by atoms with Crippen molar-refractivity contribution < 1.29 is 9.50 Å². The van der Waals surface area contributed by atoms with Gasteiger partial charge in [0.1, 0.15) is 5.82 Å². The highest BCUT2D eigenvalue weighted by Gasteiger charge is 2.33. The zero-order valence-electron chi connectivity index (χ0n) is 15.2. The van der Waals surface area contributed by atoms with Crippen molar-refractivity contribution >= 4 is 0 Å². The number of hydrogen-bond donors (Lipinski definition) is 1. The molecule has 1 aliphatic heterocycles. The predicted molar refractivity (Wildman–Crippen MR) is 104 cm³/mol. The molecule has 1 fully saturated rings. The number of pyridine rings is 1. The van der Waals surface area contributed by atoms with Gasteiger partial charge in [-0.15, -0.1) is 0 Å². The minimum atomic E-state index is -0.778. The third-order valence-corrected chi connectivity index (χ3v) is 5.43. The van der Waals surface area contributed by atoms with Crippen LogP contribution in [0.5, 0.6) is 0 Å². The SMILES string of the molecule is OC1(c2cccnc2)CCN(Cc2ccc(-c3ccccc3F)cc2)CC1. The molecular formula is C23H23FN2O. The molecule has 1 N–H and O–H groups in total. The van der Waals surface area contributed by atoms with Gasteiger partial charge in [-0.25, -0.2) is 4.39 Å². The summed E-state index contributed by atoms with van der Waals surface area (Å²) in [6.07, 6.45) is 4.89. The maximum atomic E-state index is 13.9. The molecular weight excluding hydrogens is 339 g/mol. The Morgan fingerprint density at radius 2 is 1.70 bits per heavy atom. The Morgan fingerprint density at radius 3 is 2.37 bits per heavy atom. The second-order valence-electron chi connectivity index (χ2n) is 7.23. The smallest absolute Gasteiger partial charge is 0.131 e. The topological polar surface area (TPSA) is 36.4 Å². The van der Waals surface area contributed by atoms with Crippen molar-refractivity contribution in [3.8, 4) is 11.1 Å². The molecule has 4 rings (SSSR count). The molecule has 4 heteroatoms. The molecule has 0 aliphatic carbocycles. The van der Waals surface area contributed by atoms with Crippen LogP contribution in [0.4, 0.5) is 4.39 Å². The Labute approximate surface area is 159 Å². The summed E-state index contributed by atoms with van der Waals surface area (Å²) in [5, 5.41) is 10.9. The Bertz CT molecular complexity index is 888. The van der Waals surface area contributed by atoms with Crippen LogP contribution in [0.15, 0.2) is 73.1 Å². The van der Waals surface area contributed by atoms with Gasteiger partial charge < -0.3 is 5.11 Å². The normalized spacial score (nSPS) is 17.0. The van der Waals surface area contributed by atoms with E-state index < -0.39 is 5.60 Å². The van der Waals surface area contributed by atoms with Gasteiger partial charge in [-0.3, -0.25) is 9.88 Å². The van der Waals surface area contributed by atoms with E-state index in [1.54, 1.807) is 24.5 Å². The van der Waals surface area contributed by atoms with E-state index in [0.717, 1.165) is 30.8 Å². The van der Waals surface area contributed by atoms with Crippen LogP contribution in [0, 0.1) is 5.82 Å². The number of aliphatic hydroxyl groups is 1. The average Bonchev–Trinajstić information content (AvgIpc) is 2.72. The Kier molecular flexibility index (Phi) is 5.01. The minimum Gasteiger partial charge on any atom is -0.385 e. The lowest BCUT2D eigenvalue weighted by molar-refractivity contribution is -0.0279. The van der Waals surface area contributed by atoms with Crippen molar-refractivity contribution in [3.05, 3.63) is 90.0 Å². The van der Waals surface area contributed by atoms with Crippen LogP contribution < -0.4 is 0 Å². The molecule has 0 unspecified atom stereocenters. The van der Waals surface area contributed by atoms with Gasteiger partial charge >= 0.3 is 0 Å². The average molecular weight is 362 g/mol. The molecule has 0 bridgehead atoms. The molecule has 27 heavy (non-hydrogen) atoms. The van der Waals surface area contributed by atoms with Gasteiger partial charge in [-0.1, -0.05) is 48.5 Å². The van der Waals surface area contributed by atoms with Gasteiger partial charge in [-0.2, -0.15) is 0 Å². The first-order valence-electron chi connectivity index (χ1n) is 9.33. The van der Waals surface area contributed by atoms with Crippen LogP contribution in [-0.4, -0.2) is 28.1 Å². The fraction of sp³-hybridized carbons (Fsp3) is 0.261. The number of piperidine rings is 1. The molecule has 0 spiro atoms. The summed E-state index contributed by atoms with van der Waals surface area (Å²) in [5.41, 5.74) is 2.84. The van der Waals surface area contributed by atoms with Crippen molar-refractivity contribution in [2.45, 2.75) is 25.0 Å². The highest BCUT2D eigenvalue weighted by Crippen LogP contribution is 2.33. The van der Waals surface area contributed by atoms with E-state index in [0.29, 0.717) is 18.4 Å². The van der Waals surface area contributed by atoms with Gasteiger partial charge in [0.15, 0.2) is 0 Å².